The maximum atomic E-state index is 6.20. The lowest BCUT2D eigenvalue weighted by atomic mass is 10.2. The second-order valence-corrected chi connectivity index (χ2v) is 7.46. The highest BCUT2D eigenvalue weighted by atomic mass is 35.5. The Bertz CT molecular complexity index is 947. The van der Waals surface area contributed by atoms with E-state index in [-0.39, 0.29) is 0 Å². The lowest BCUT2D eigenvalue weighted by Gasteiger charge is -2.13. The van der Waals surface area contributed by atoms with Gasteiger partial charge in [0.25, 0.3) is 0 Å². The van der Waals surface area contributed by atoms with E-state index in [1.54, 1.807) is 19.2 Å². The zero-order chi connectivity index (χ0) is 19.9. The Morgan fingerprint density at radius 3 is 2.36 bits per heavy atom. The fourth-order valence-corrected chi connectivity index (χ4v) is 3.38. The van der Waals surface area contributed by atoms with E-state index in [1.165, 1.54) is 0 Å². The van der Waals surface area contributed by atoms with Crippen molar-refractivity contribution in [3.05, 3.63) is 92.4 Å². The van der Waals surface area contributed by atoms with Crippen molar-refractivity contribution in [3.63, 3.8) is 0 Å². The minimum atomic E-state index is 0.330. The minimum Gasteiger partial charge on any atom is -0.493 e. The number of ether oxygens (including phenoxy) is 2. The highest BCUT2D eigenvalue weighted by Gasteiger charge is 2.08. The lowest BCUT2D eigenvalue weighted by molar-refractivity contribution is 0.284. The van der Waals surface area contributed by atoms with Crippen LogP contribution in [0.1, 0.15) is 16.7 Å². The summed E-state index contributed by atoms with van der Waals surface area (Å²) in [6.07, 6.45) is 0. The summed E-state index contributed by atoms with van der Waals surface area (Å²) in [4.78, 5) is 0. The first-order valence-electron chi connectivity index (χ1n) is 8.74. The van der Waals surface area contributed by atoms with Crippen LogP contribution in [0.15, 0.2) is 60.7 Å². The summed E-state index contributed by atoms with van der Waals surface area (Å²) in [7, 11) is 1.62. The SMILES string of the molecule is COc1cc(CNCc2ccccc2Cl)ccc1OCc1ccc(Cl)cc1Cl. The topological polar surface area (TPSA) is 30.5 Å². The van der Waals surface area contributed by atoms with Gasteiger partial charge in [0.15, 0.2) is 11.5 Å². The molecule has 0 aliphatic heterocycles. The van der Waals surface area contributed by atoms with E-state index in [0.717, 1.165) is 21.7 Å². The largest absolute Gasteiger partial charge is 0.493 e. The third-order valence-corrected chi connectivity index (χ3v) is 5.18. The second-order valence-electron chi connectivity index (χ2n) is 6.20. The first-order valence-corrected chi connectivity index (χ1v) is 9.88. The molecule has 0 unspecified atom stereocenters. The summed E-state index contributed by atoms with van der Waals surface area (Å²) < 4.78 is 11.4. The number of methoxy groups -OCH3 is 1. The van der Waals surface area contributed by atoms with Crippen molar-refractivity contribution >= 4 is 34.8 Å². The second kappa shape index (κ2) is 10.0. The van der Waals surface area contributed by atoms with Crippen molar-refractivity contribution < 1.29 is 9.47 Å². The highest BCUT2D eigenvalue weighted by molar-refractivity contribution is 6.35. The van der Waals surface area contributed by atoms with Gasteiger partial charge in [-0.25, -0.2) is 0 Å². The van der Waals surface area contributed by atoms with Crippen molar-refractivity contribution in [2.75, 3.05) is 7.11 Å². The molecule has 0 heterocycles. The third kappa shape index (κ3) is 5.55. The van der Waals surface area contributed by atoms with Gasteiger partial charge >= 0.3 is 0 Å². The van der Waals surface area contributed by atoms with E-state index in [2.05, 4.69) is 5.32 Å². The Kier molecular flexibility index (Phi) is 7.46. The molecule has 0 aromatic heterocycles. The number of halogens is 3. The first-order chi connectivity index (χ1) is 13.6. The van der Waals surface area contributed by atoms with Crippen LogP contribution in [0, 0.1) is 0 Å². The monoisotopic (exact) mass is 435 g/mol. The Balaban J connectivity index is 1.61. The summed E-state index contributed by atoms with van der Waals surface area (Å²) in [5.41, 5.74) is 3.01. The normalized spacial score (nSPS) is 10.7. The van der Waals surface area contributed by atoms with E-state index in [9.17, 15) is 0 Å². The molecular formula is C22H20Cl3NO2. The molecule has 6 heteroatoms. The van der Waals surface area contributed by atoms with Gasteiger partial charge in [-0.05, 0) is 41.5 Å². The maximum absolute atomic E-state index is 6.20. The predicted octanol–water partition coefficient (Wildman–Crippen LogP) is 6.52. The molecule has 3 rings (SSSR count). The van der Waals surface area contributed by atoms with Crippen LogP contribution in [-0.2, 0) is 19.7 Å². The summed E-state index contributed by atoms with van der Waals surface area (Å²) in [6.45, 7) is 1.71. The summed E-state index contributed by atoms with van der Waals surface area (Å²) in [6, 6.07) is 19.0. The van der Waals surface area contributed by atoms with Gasteiger partial charge < -0.3 is 14.8 Å². The van der Waals surface area contributed by atoms with Gasteiger partial charge in [-0.2, -0.15) is 0 Å². The average molecular weight is 437 g/mol. The molecule has 0 aliphatic carbocycles. The van der Waals surface area contributed by atoms with Crippen molar-refractivity contribution in [1.82, 2.24) is 5.32 Å². The Morgan fingerprint density at radius 1 is 0.786 bits per heavy atom. The molecule has 0 bridgehead atoms. The summed E-state index contributed by atoms with van der Waals surface area (Å²) in [5.74, 6) is 1.32. The molecule has 0 fully saturated rings. The zero-order valence-corrected chi connectivity index (χ0v) is 17.6. The number of nitrogens with one attached hydrogen (secondary N) is 1. The molecule has 0 radical (unpaired) electrons. The molecule has 3 aromatic rings. The van der Waals surface area contributed by atoms with Crippen molar-refractivity contribution in [3.8, 4) is 11.5 Å². The highest BCUT2D eigenvalue weighted by Crippen LogP contribution is 2.30. The van der Waals surface area contributed by atoms with Gasteiger partial charge in [-0.15, -0.1) is 0 Å². The van der Waals surface area contributed by atoms with Crippen molar-refractivity contribution in [1.29, 1.82) is 0 Å². The lowest BCUT2D eigenvalue weighted by Crippen LogP contribution is -2.13. The fourth-order valence-electron chi connectivity index (χ4n) is 2.72. The van der Waals surface area contributed by atoms with E-state index >= 15 is 0 Å². The molecule has 28 heavy (non-hydrogen) atoms. The first kappa shape index (κ1) is 20.8. The minimum absolute atomic E-state index is 0.330. The molecule has 0 spiro atoms. The van der Waals surface area contributed by atoms with E-state index < -0.39 is 0 Å². The Labute approximate surface area is 180 Å². The molecule has 3 nitrogen and oxygen atoms in total. The van der Waals surface area contributed by atoms with Gasteiger partial charge in [0.2, 0.25) is 0 Å². The van der Waals surface area contributed by atoms with Gasteiger partial charge in [0, 0.05) is 33.7 Å². The molecular weight excluding hydrogens is 417 g/mol. The zero-order valence-electron chi connectivity index (χ0n) is 15.3. The van der Waals surface area contributed by atoms with Gasteiger partial charge in [0.05, 0.1) is 7.11 Å². The molecule has 146 valence electrons. The van der Waals surface area contributed by atoms with Crippen molar-refractivity contribution in [2.24, 2.45) is 0 Å². The maximum Gasteiger partial charge on any atom is 0.161 e. The van der Waals surface area contributed by atoms with Crippen LogP contribution in [-0.4, -0.2) is 7.11 Å². The Hall–Kier alpha value is -1.91. The smallest absolute Gasteiger partial charge is 0.161 e. The molecule has 0 aliphatic rings. The molecule has 0 amide bonds. The standard InChI is InChI=1S/C22H20Cl3NO2/c1-27-22-10-15(12-26-13-16-4-2-3-5-19(16)24)6-9-21(22)28-14-17-7-8-18(23)11-20(17)25/h2-11,26H,12-14H2,1H3. The van der Waals surface area contributed by atoms with Gasteiger partial charge in [0.1, 0.15) is 6.61 Å². The summed E-state index contributed by atoms with van der Waals surface area (Å²) in [5, 5.41) is 5.32. The van der Waals surface area contributed by atoms with E-state index in [0.29, 0.717) is 41.2 Å². The average Bonchev–Trinajstić information content (AvgIpc) is 2.69. The van der Waals surface area contributed by atoms with Crippen LogP contribution in [0.25, 0.3) is 0 Å². The third-order valence-electron chi connectivity index (χ3n) is 4.23. The van der Waals surface area contributed by atoms with Crippen LogP contribution in [0.3, 0.4) is 0 Å². The predicted molar refractivity (Wildman–Crippen MR) is 116 cm³/mol. The molecule has 3 aromatic carbocycles. The molecule has 0 saturated heterocycles. The van der Waals surface area contributed by atoms with E-state index in [1.807, 2.05) is 48.5 Å². The number of benzene rings is 3. The van der Waals surface area contributed by atoms with Crippen LogP contribution in [0.4, 0.5) is 0 Å². The molecule has 0 atom stereocenters. The molecule has 0 saturated carbocycles. The number of hydrogen-bond acceptors (Lipinski definition) is 3. The van der Waals surface area contributed by atoms with Crippen LogP contribution in [0.5, 0.6) is 11.5 Å². The van der Waals surface area contributed by atoms with Crippen LogP contribution >= 0.6 is 34.8 Å². The Morgan fingerprint density at radius 2 is 1.61 bits per heavy atom. The van der Waals surface area contributed by atoms with Gasteiger partial charge in [-0.1, -0.05) is 65.1 Å². The quantitative estimate of drug-likeness (QED) is 0.436. The molecule has 1 N–H and O–H groups in total. The van der Waals surface area contributed by atoms with Crippen molar-refractivity contribution in [2.45, 2.75) is 19.7 Å². The number of hydrogen-bond donors (Lipinski definition) is 1. The van der Waals surface area contributed by atoms with Gasteiger partial charge in [-0.3, -0.25) is 0 Å². The fraction of sp³-hybridized carbons (Fsp3) is 0.182. The van der Waals surface area contributed by atoms with E-state index in [4.69, 9.17) is 44.3 Å². The van der Waals surface area contributed by atoms with Crippen LogP contribution < -0.4 is 14.8 Å². The van der Waals surface area contributed by atoms with Crippen LogP contribution in [0.2, 0.25) is 15.1 Å². The number of rotatable bonds is 8. The summed E-state index contributed by atoms with van der Waals surface area (Å²) >= 11 is 18.3.